The molecule has 0 bridgehead atoms. The molecule has 102 valence electrons. The second-order valence-corrected chi connectivity index (χ2v) is 6.33. The Morgan fingerprint density at radius 2 is 1.76 bits per heavy atom. The van der Waals surface area contributed by atoms with Gasteiger partial charge in [-0.05, 0) is 38.3 Å². The number of hydrogen-bond acceptors (Lipinski definition) is 2. The van der Waals surface area contributed by atoms with Gasteiger partial charge in [0.1, 0.15) is 0 Å². The molecule has 1 fully saturated rings. The molecular weight excluding hydrogens is 208 g/mol. The Morgan fingerprint density at radius 1 is 1.18 bits per heavy atom. The minimum absolute atomic E-state index is 0.315. The maximum absolute atomic E-state index is 5.98. The Morgan fingerprint density at radius 3 is 2.24 bits per heavy atom. The fraction of sp³-hybridized carbons (Fsp3) is 1.00. The van der Waals surface area contributed by atoms with Crippen molar-refractivity contribution in [3.8, 4) is 0 Å². The van der Waals surface area contributed by atoms with E-state index in [1.54, 1.807) is 0 Å². The van der Waals surface area contributed by atoms with E-state index in [-0.39, 0.29) is 0 Å². The fourth-order valence-corrected chi connectivity index (χ4v) is 3.28. The van der Waals surface area contributed by atoms with Gasteiger partial charge in [-0.2, -0.15) is 0 Å². The van der Waals surface area contributed by atoms with Crippen LogP contribution in [-0.4, -0.2) is 31.1 Å². The van der Waals surface area contributed by atoms with Crippen molar-refractivity contribution in [1.29, 1.82) is 0 Å². The van der Waals surface area contributed by atoms with E-state index in [9.17, 15) is 0 Å². The van der Waals surface area contributed by atoms with Crippen molar-refractivity contribution < 1.29 is 0 Å². The van der Waals surface area contributed by atoms with Crippen molar-refractivity contribution in [1.82, 2.24) is 4.90 Å². The van der Waals surface area contributed by atoms with Gasteiger partial charge in [0.25, 0.3) is 0 Å². The van der Waals surface area contributed by atoms with Gasteiger partial charge in [-0.3, -0.25) is 0 Å². The van der Waals surface area contributed by atoms with E-state index in [1.165, 1.54) is 57.9 Å². The summed E-state index contributed by atoms with van der Waals surface area (Å²) >= 11 is 0. The number of hydrogen-bond donors (Lipinski definition) is 1. The van der Waals surface area contributed by atoms with Crippen LogP contribution in [0.25, 0.3) is 0 Å². The first-order valence-corrected chi connectivity index (χ1v) is 7.51. The molecule has 1 unspecified atom stereocenters. The molecule has 0 aromatic heterocycles. The van der Waals surface area contributed by atoms with Crippen molar-refractivity contribution in [2.24, 2.45) is 11.1 Å². The quantitative estimate of drug-likeness (QED) is 0.721. The summed E-state index contributed by atoms with van der Waals surface area (Å²) in [6.07, 6.45) is 11.0. The Kier molecular flexibility index (Phi) is 6.50. The van der Waals surface area contributed by atoms with Gasteiger partial charge in [-0.15, -0.1) is 0 Å². The van der Waals surface area contributed by atoms with Crippen LogP contribution >= 0.6 is 0 Å². The summed E-state index contributed by atoms with van der Waals surface area (Å²) in [5.74, 6) is 0. The lowest BCUT2D eigenvalue weighted by atomic mass is 9.84. The van der Waals surface area contributed by atoms with Crippen LogP contribution in [0.5, 0.6) is 0 Å². The molecule has 2 nitrogen and oxygen atoms in total. The Labute approximate surface area is 108 Å². The van der Waals surface area contributed by atoms with Crippen LogP contribution in [0.3, 0.4) is 0 Å². The van der Waals surface area contributed by atoms with Gasteiger partial charge in [0, 0.05) is 12.6 Å². The van der Waals surface area contributed by atoms with Crippen LogP contribution in [0, 0.1) is 5.41 Å². The Bertz CT molecular complexity index is 197. The summed E-state index contributed by atoms with van der Waals surface area (Å²) in [6, 6.07) is 0.806. The normalized spacial score (nSPS) is 22.4. The average Bonchev–Trinajstić information content (AvgIpc) is 2.57. The molecule has 2 N–H and O–H groups in total. The van der Waals surface area contributed by atoms with E-state index in [0.29, 0.717) is 5.41 Å². The molecule has 0 aromatic rings. The number of nitrogens with zero attached hydrogens (tertiary/aromatic N) is 1. The molecule has 0 heterocycles. The van der Waals surface area contributed by atoms with Crippen LogP contribution in [-0.2, 0) is 0 Å². The van der Waals surface area contributed by atoms with E-state index in [2.05, 4.69) is 25.8 Å². The maximum Gasteiger partial charge on any atom is 0.00924 e. The molecule has 0 spiro atoms. The summed E-state index contributed by atoms with van der Waals surface area (Å²) < 4.78 is 0. The van der Waals surface area contributed by atoms with Gasteiger partial charge >= 0.3 is 0 Å². The largest absolute Gasteiger partial charge is 0.330 e. The summed E-state index contributed by atoms with van der Waals surface area (Å²) in [6.45, 7) is 6.60. The monoisotopic (exact) mass is 240 g/mol. The second-order valence-electron chi connectivity index (χ2n) is 6.33. The number of nitrogens with two attached hydrogens (primary N) is 1. The van der Waals surface area contributed by atoms with E-state index >= 15 is 0 Å². The van der Waals surface area contributed by atoms with Gasteiger partial charge in [0.05, 0.1) is 0 Å². The first-order valence-electron chi connectivity index (χ1n) is 7.51. The van der Waals surface area contributed by atoms with Crippen LogP contribution < -0.4 is 5.73 Å². The van der Waals surface area contributed by atoms with Crippen LogP contribution in [0.2, 0.25) is 0 Å². The summed E-state index contributed by atoms with van der Waals surface area (Å²) in [5, 5.41) is 0. The molecule has 1 atom stereocenters. The van der Waals surface area contributed by atoms with Gasteiger partial charge < -0.3 is 10.6 Å². The smallest absolute Gasteiger partial charge is 0.00924 e. The van der Waals surface area contributed by atoms with Crippen LogP contribution in [0.4, 0.5) is 0 Å². The standard InChI is InChI=1S/C15H32N2/c1-4-11-15(2,12-16)13-17(3)14-9-7-5-6-8-10-14/h14H,4-13,16H2,1-3H3. The molecular formula is C15H32N2. The zero-order chi connectivity index (χ0) is 12.7. The minimum atomic E-state index is 0.315. The third kappa shape index (κ3) is 4.97. The molecule has 1 aliphatic carbocycles. The summed E-state index contributed by atoms with van der Waals surface area (Å²) in [4.78, 5) is 2.59. The van der Waals surface area contributed by atoms with Gasteiger partial charge in [0.15, 0.2) is 0 Å². The minimum Gasteiger partial charge on any atom is -0.330 e. The molecule has 1 rings (SSSR count). The fourth-order valence-electron chi connectivity index (χ4n) is 3.28. The van der Waals surface area contributed by atoms with Gasteiger partial charge in [0.2, 0.25) is 0 Å². The highest BCUT2D eigenvalue weighted by Crippen LogP contribution is 2.27. The molecule has 0 radical (unpaired) electrons. The van der Waals surface area contributed by atoms with Crippen LogP contribution in [0.1, 0.15) is 65.2 Å². The molecule has 0 amide bonds. The van der Waals surface area contributed by atoms with Crippen molar-refractivity contribution >= 4 is 0 Å². The predicted molar refractivity (Wildman–Crippen MR) is 76.2 cm³/mol. The first-order chi connectivity index (χ1) is 8.11. The lowest BCUT2D eigenvalue weighted by Gasteiger charge is -2.36. The zero-order valence-corrected chi connectivity index (χ0v) is 12.2. The highest BCUT2D eigenvalue weighted by molar-refractivity contribution is 4.82. The summed E-state index contributed by atoms with van der Waals surface area (Å²) in [7, 11) is 2.31. The first kappa shape index (κ1) is 15.0. The third-order valence-corrected chi connectivity index (χ3v) is 4.43. The lowest BCUT2D eigenvalue weighted by Crippen LogP contribution is -2.43. The maximum atomic E-state index is 5.98. The molecule has 2 heteroatoms. The zero-order valence-electron chi connectivity index (χ0n) is 12.2. The SMILES string of the molecule is CCCC(C)(CN)CN(C)C1CCCCCC1. The lowest BCUT2D eigenvalue weighted by molar-refractivity contribution is 0.133. The van der Waals surface area contributed by atoms with Crippen molar-refractivity contribution in [2.75, 3.05) is 20.1 Å². The number of rotatable bonds is 6. The second kappa shape index (κ2) is 7.38. The van der Waals surface area contributed by atoms with E-state index in [0.717, 1.165) is 12.6 Å². The van der Waals surface area contributed by atoms with E-state index < -0.39 is 0 Å². The topological polar surface area (TPSA) is 29.3 Å². The molecule has 0 aliphatic heterocycles. The molecule has 1 saturated carbocycles. The Hall–Kier alpha value is -0.0800. The third-order valence-electron chi connectivity index (χ3n) is 4.43. The highest BCUT2D eigenvalue weighted by atomic mass is 15.1. The van der Waals surface area contributed by atoms with Crippen molar-refractivity contribution in [3.05, 3.63) is 0 Å². The summed E-state index contributed by atoms with van der Waals surface area (Å²) in [5.41, 5.74) is 6.29. The van der Waals surface area contributed by atoms with E-state index in [4.69, 9.17) is 5.73 Å². The van der Waals surface area contributed by atoms with Gasteiger partial charge in [-0.25, -0.2) is 0 Å². The molecule has 1 aliphatic rings. The Balaban J connectivity index is 2.47. The average molecular weight is 240 g/mol. The van der Waals surface area contributed by atoms with Gasteiger partial charge in [-0.1, -0.05) is 46.0 Å². The predicted octanol–water partition coefficient (Wildman–Crippen LogP) is 3.41. The van der Waals surface area contributed by atoms with E-state index in [1.807, 2.05) is 0 Å². The van der Waals surface area contributed by atoms with Crippen LogP contribution in [0.15, 0.2) is 0 Å². The van der Waals surface area contributed by atoms with Crippen molar-refractivity contribution in [3.63, 3.8) is 0 Å². The highest BCUT2D eigenvalue weighted by Gasteiger charge is 2.26. The molecule has 0 aromatic carbocycles. The van der Waals surface area contributed by atoms with Crippen molar-refractivity contribution in [2.45, 2.75) is 71.3 Å². The molecule has 0 saturated heterocycles. The molecule has 17 heavy (non-hydrogen) atoms.